The van der Waals surface area contributed by atoms with Gasteiger partial charge in [-0.3, -0.25) is 4.79 Å². The molecule has 1 amide bonds. The van der Waals surface area contributed by atoms with Crippen LogP contribution in [0, 0.1) is 11.3 Å². The second-order valence-corrected chi connectivity index (χ2v) is 7.19. The molecule has 3 N–H and O–H groups in total. The van der Waals surface area contributed by atoms with Crippen molar-refractivity contribution >= 4 is 5.91 Å². The van der Waals surface area contributed by atoms with Crippen LogP contribution in [0.2, 0.25) is 0 Å². The van der Waals surface area contributed by atoms with Gasteiger partial charge >= 0.3 is 0 Å². The summed E-state index contributed by atoms with van der Waals surface area (Å²) in [6.07, 6.45) is 6.63. The van der Waals surface area contributed by atoms with Crippen LogP contribution in [0.15, 0.2) is 0 Å². The van der Waals surface area contributed by atoms with Crippen LogP contribution in [0.25, 0.3) is 0 Å². The summed E-state index contributed by atoms with van der Waals surface area (Å²) in [5.41, 5.74) is 5.51. The molecule has 0 radical (unpaired) electrons. The van der Waals surface area contributed by atoms with Gasteiger partial charge in [0.2, 0.25) is 5.91 Å². The molecule has 120 valence electrons. The zero-order valence-corrected chi connectivity index (χ0v) is 13.1. The third kappa shape index (κ3) is 2.96. The molecule has 2 unspecified atom stereocenters. The summed E-state index contributed by atoms with van der Waals surface area (Å²) in [4.78, 5) is 15.1. The quantitative estimate of drug-likeness (QED) is 0.802. The number of carbonyl (C=O) groups is 1. The van der Waals surface area contributed by atoms with Gasteiger partial charge in [0.05, 0.1) is 5.41 Å². The topological polar surface area (TPSA) is 67.6 Å². The molecule has 0 aromatic carbocycles. The van der Waals surface area contributed by atoms with E-state index >= 15 is 0 Å². The number of fused-ring (bicyclic) bond motifs is 2. The van der Waals surface area contributed by atoms with E-state index < -0.39 is 0 Å². The highest BCUT2D eigenvalue weighted by Gasteiger charge is 2.41. The van der Waals surface area contributed by atoms with Crippen LogP contribution in [-0.2, 0) is 9.53 Å². The molecule has 0 saturated carbocycles. The lowest BCUT2D eigenvalue weighted by molar-refractivity contribution is -0.136. The van der Waals surface area contributed by atoms with Crippen molar-refractivity contribution in [3.05, 3.63) is 0 Å². The minimum atomic E-state index is -0.386. The molecule has 0 spiro atoms. The Balaban J connectivity index is 1.52. The second-order valence-electron chi connectivity index (χ2n) is 7.19. The summed E-state index contributed by atoms with van der Waals surface area (Å²) in [5, 5.41) is 3.20. The van der Waals surface area contributed by atoms with Gasteiger partial charge in [-0.15, -0.1) is 0 Å². The number of carbonyl (C=O) groups excluding carboxylic acids is 1. The molecule has 0 aromatic rings. The fourth-order valence-electron chi connectivity index (χ4n) is 4.40. The summed E-state index contributed by atoms with van der Waals surface area (Å²) < 4.78 is 5.38. The van der Waals surface area contributed by atoms with Crippen molar-refractivity contribution in [3.8, 4) is 0 Å². The van der Waals surface area contributed by atoms with Crippen molar-refractivity contribution in [2.45, 2.75) is 50.6 Å². The first kappa shape index (κ1) is 15.3. The predicted octanol–water partition coefficient (Wildman–Crippen LogP) is 0.731. The van der Waals surface area contributed by atoms with E-state index in [1.54, 1.807) is 0 Å². The smallest absolute Gasteiger partial charge is 0.227 e. The van der Waals surface area contributed by atoms with Crippen LogP contribution in [0.5, 0.6) is 0 Å². The Morgan fingerprint density at radius 1 is 1.29 bits per heavy atom. The van der Waals surface area contributed by atoms with Crippen LogP contribution in [0.3, 0.4) is 0 Å². The molecular weight excluding hydrogens is 266 g/mol. The Bertz CT molecular complexity index is 368. The molecule has 3 aliphatic heterocycles. The maximum atomic E-state index is 12.6. The van der Waals surface area contributed by atoms with E-state index in [1.165, 1.54) is 25.7 Å². The zero-order chi connectivity index (χ0) is 14.9. The van der Waals surface area contributed by atoms with E-state index in [0.29, 0.717) is 25.7 Å². The largest absolute Gasteiger partial charge is 0.381 e. The number of nitrogens with two attached hydrogens (primary N) is 1. The van der Waals surface area contributed by atoms with Crippen molar-refractivity contribution in [2.24, 2.45) is 17.1 Å². The monoisotopic (exact) mass is 295 g/mol. The number of rotatable bonds is 4. The zero-order valence-electron chi connectivity index (χ0n) is 13.1. The number of amides is 1. The summed E-state index contributed by atoms with van der Waals surface area (Å²) in [6.45, 7) is 2.56. The van der Waals surface area contributed by atoms with Gasteiger partial charge in [0.15, 0.2) is 0 Å². The van der Waals surface area contributed by atoms with Gasteiger partial charge in [-0.2, -0.15) is 0 Å². The van der Waals surface area contributed by atoms with Crippen molar-refractivity contribution in [1.82, 2.24) is 10.2 Å². The lowest BCUT2D eigenvalue weighted by atomic mass is 9.79. The maximum absolute atomic E-state index is 12.6. The van der Waals surface area contributed by atoms with Crippen LogP contribution in [-0.4, -0.2) is 56.2 Å². The van der Waals surface area contributed by atoms with Gasteiger partial charge < -0.3 is 20.7 Å². The average Bonchev–Trinajstić information content (AvgIpc) is 2.75. The van der Waals surface area contributed by atoms with E-state index in [9.17, 15) is 4.79 Å². The van der Waals surface area contributed by atoms with Gasteiger partial charge in [0.1, 0.15) is 0 Å². The molecule has 5 nitrogen and oxygen atoms in total. The van der Waals surface area contributed by atoms with Crippen molar-refractivity contribution < 1.29 is 9.53 Å². The van der Waals surface area contributed by atoms with E-state index in [1.807, 2.05) is 0 Å². The Hall–Kier alpha value is -0.650. The molecular formula is C16H29N3O2. The van der Waals surface area contributed by atoms with E-state index in [4.69, 9.17) is 10.5 Å². The first-order valence-electron chi connectivity index (χ1n) is 8.43. The third-order valence-electron chi connectivity index (χ3n) is 6.07. The Morgan fingerprint density at radius 2 is 1.90 bits per heavy atom. The van der Waals surface area contributed by atoms with E-state index in [2.05, 4.69) is 17.3 Å². The van der Waals surface area contributed by atoms with Gasteiger partial charge in [0, 0.05) is 38.4 Å². The van der Waals surface area contributed by atoms with Gasteiger partial charge in [-0.05, 0) is 51.5 Å². The van der Waals surface area contributed by atoms with Crippen molar-refractivity contribution in [2.75, 3.05) is 33.4 Å². The van der Waals surface area contributed by atoms with Gasteiger partial charge in [-0.25, -0.2) is 0 Å². The highest BCUT2D eigenvalue weighted by atomic mass is 16.5. The lowest BCUT2D eigenvalue weighted by Gasteiger charge is -2.38. The SMILES string of the molecule is CN1C2CCC1CC(CNC(=O)C1(CN)CCOCC1)C2. The maximum Gasteiger partial charge on any atom is 0.227 e. The Morgan fingerprint density at radius 3 is 2.48 bits per heavy atom. The fraction of sp³-hybridized carbons (Fsp3) is 0.938. The predicted molar refractivity (Wildman–Crippen MR) is 81.8 cm³/mol. The normalized spacial score (nSPS) is 35.6. The third-order valence-corrected chi connectivity index (χ3v) is 6.07. The summed E-state index contributed by atoms with van der Waals surface area (Å²) in [6, 6.07) is 1.47. The first-order chi connectivity index (χ1) is 10.1. The van der Waals surface area contributed by atoms with Gasteiger partial charge in [0.25, 0.3) is 0 Å². The summed E-state index contributed by atoms with van der Waals surface area (Å²) in [5.74, 6) is 0.789. The molecule has 3 saturated heterocycles. The summed E-state index contributed by atoms with van der Waals surface area (Å²) in [7, 11) is 2.25. The molecule has 0 aromatic heterocycles. The van der Waals surface area contributed by atoms with E-state index in [-0.39, 0.29) is 11.3 Å². The minimum absolute atomic E-state index is 0.152. The number of hydrogen-bond donors (Lipinski definition) is 2. The molecule has 3 rings (SSSR count). The molecule has 3 heterocycles. The lowest BCUT2D eigenvalue weighted by Crippen LogP contribution is -2.51. The molecule has 5 heteroatoms. The number of nitrogens with zero attached hydrogens (tertiary/aromatic N) is 1. The highest BCUT2D eigenvalue weighted by molar-refractivity contribution is 5.83. The Kier molecular flexibility index (Phi) is 4.52. The minimum Gasteiger partial charge on any atom is -0.381 e. The van der Waals surface area contributed by atoms with Crippen molar-refractivity contribution in [1.29, 1.82) is 0 Å². The standard InChI is InChI=1S/C16H29N3O2/c1-19-13-2-3-14(19)9-12(8-13)10-18-15(20)16(11-17)4-6-21-7-5-16/h12-14H,2-11,17H2,1H3,(H,18,20). The number of hydrogen-bond acceptors (Lipinski definition) is 4. The van der Waals surface area contributed by atoms with Crippen LogP contribution < -0.4 is 11.1 Å². The van der Waals surface area contributed by atoms with E-state index in [0.717, 1.165) is 31.5 Å². The highest BCUT2D eigenvalue weighted by Crippen LogP contribution is 2.37. The number of piperidine rings is 1. The van der Waals surface area contributed by atoms with Crippen LogP contribution in [0.4, 0.5) is 0 Å². The molecule has 21 heavy (non-hydrogen) atoms. The number of ether oxygens (including phenoxy) is 1. The van der Waals surface area contributed by atoms with Crippen LogP contribution in [0.1, 0.15) is 38.5 Å². The average molecular weight is 295 g/mol. The molecule has 2 bridgehead atoms. The van der Waals surface area contributed by atoms with Crippen LogP contribution >= 0.6 is 0 Å². The van der Waals surface area contributed by atoms with Crippen molar-refractivity contribution in [3.63, 3.8) is 0 Å². The summed E-state index contributed by atoms with van der Waals surface area (Å²) >= 11 is 0. The fourth-order valence-corrected chi connectivity index (χ4v) is 4.40. The van der Waals surface area contributed by atoms with Gasteiger partial charge in [-0.1, -0.05) is 0 Å². The molecule has 2 atom stereocenters. The number of nitrogens with one attached hydrogen (secondary N) is 1. The molecule has 0 aliphatic carbocycles. The second kappa shape index (κ2) is 6.23. The Labute approximate surface area is 127 Å². The molecule has 3 fully saturated rings. The molecule has 3 aliphatic rings. The first-order valence-corrected chi connectivity index (χ1v) is 8.43.